The Labute approximate surface area is 150 Å². The van der Waals surface area contributed by atoms with Crippen LogP contribution in [0.15, 0.2) is 30.3 Å². The Hall–Kier alpha value is -2.11. The number of carbonyl (C=O) groups excluding carboxylic acids is 1. The lowest BCUT2D eigenvalue weighted by Crippen LogP contribution is -2.25. The number of hydrogen-bond acceptors (Lipinski definition) is 4. The van der Waals surface area contributed by atoms with Crippen molar-refractivity contribution in [3.8, 4) is 16.9 Å². The van der Waals surface area contributed by atoms with E-state index in [2.05, 4.69) is 5.32 Å². The molecule has 0 radical (unpaired) electrons. The average molecular weight is 364 g/mol. The number of carbonyl (C=O) groups is 1. The number of fused-ring (bicyclic) bond motifs is 1. The summed E-state index contributed by atoms with van der Waals surface area (Å²) in [6, 6.07) is 8.48. The van der Waals surface area contributed by atoms with Gasteiger partial charge < -0.3 is 14.8 Å². The van der Waals surface area contributed by atoms with Gasteiger partial charge in [-0.1, -0.05) is 17.7 Å². The SMILES string of the molecule is CCOC(=O)COc1cc(Cl)cc(-c2ccc(F)c3c2CNCC3)c1. The van der Waals surface area contributed by atoms with Crippen molar-refractivity contribution < 1.29 is 18.7 Å². The van der Waals surface area contributed by atoms with Crippen molar-refractivity contribution in [2.75, 3.05) is 19.8 Å². The first-order valence-corrected chi connectivity index (χ1v) is 8.56. The molecule has 3 rings (SSSR count). The van der Waals surface area contributed by atoms with Crippen LogP contribution >= 0.6 is 11.6 Å². The molecular weight excluding hydrogens is 345 g/mol. The van der Waals surface area contributed by atoms with E-state index >= 15 is 0 Å². The molecule has 0 spiro atoms. The van der Waals surface area contributed by atoms with E-state index in [0.717, 1.165) is 28.8 Å². The van der Waals surface area contributed by atoms with Crippen LogP contribution in [-0.2, 0) is 22.5 Å². The monoisotopic (exact) mass is 363 g/mol. The fourth-order valence-electron chi connectivity index (χ4n) is 2.98. The van der Waals surface area contributed by atoms with Crippen LogP contribution in [0.5, 0.6) is 5.75 Å². The molecule has 25 heavy (non-hydrogen) atoms. The predicted octanol–water partition coefficient (Wildman–Crippen LogP) is 3.73. The van der Waals surface area contributed by atoms with Crippen LogP contribution in [0.2, 0.25) is 5.02 Å². The third kappa shape index (κ3) is 4.11. The number of benzene rings is 2. The van der Waals surface area contributed by atoms with Gasteiger partial charge in [-0.2, -0.15) is 0 Å². The number of nitrogens with one attached hydrogen (secondary N) is 1. The van der Waals surface area contributed by atoms with Crippen LogP contribution in [0.4, 0.5) is 4.39 Å². The highest BCUT2D eigenvalue weighted by Gasteiger charge is 2.18. The first-order chi connectivity index (χ1) is 12.1. The zero-order valence-electron chi connectivity index (χ0n) is 13.9. The number of rotatable bonds is 5. The molecule has 6 heteroatoms. The minimum absolute atomic E-state index is 0.180. The first kappa shape index (κ1) is 17.7. The van der Waals surface area contributed by atoms with Crippen molar-refractivity contribution >= 4 is 17.6 Å². The molecule has 0 aromatic heterocycles. The lowest BCUT2D eigenvalue weighted by Gasteiger charge is -2.21. The summed E-state index contributed by atoms with van der Waals surface area (Å²) in [4.78, 5) is 11.5. The van der Waals surface area contributed by atoms with Gasteiger partial charge in [0.2, 0.25) is 0 Å². The minimum Gasteiger partial charge on any atom is -0.482 e. The average Bonchev–Trinajstić information content (AvgIpc) is 2.60. The molecule has 2 aromatic carbocycles. The van der Waals surface area contributed by atoms with E-state index in [4.69, 9.17) is 21.1 Å². The fourth-order valence-corrected chi connectivity index (χ4v) is 3.21. The summed E-state index contributed by atoms with van der Waals surface area (Å²) < 4.78 is 24.4. The molecule has 1 aliphatic rings. The third-order valence-electron chi connectivity index (χ3n) is 4.07. The maximum Gasteiger partial charge on any atom is 0.344 e. The lowest BCUT2D eigenvalue weighted by atomic mass is 9.91. The van der Waals surface area contributed by atoms with Crippen molar-refractivity contribution in [3.05, 3.63) is 52.3 Å². The number of esters is 1. The Kier molecular flexibility index (Phi) is 5.56. The van der Waals surface area contributed by atoms with E-state index in [0.29, 0.717) is 30.3 Å². The molecule has 1 heterocycles. The Morgan fingerprint density at radius 2 is 2.12 bits per heavy atom. The summed E-state index contributed by atoms with van der Waals surface area (Å²) in [5.74, 6) is -0.147. The second kappa shape index (κ2) is 7.85. The van der Waals surface area contributed by atoms with E-state index in [9.17, 15) is 9.18 Å². The molecule has 4 nitrogen and oxygen atoms in total. The zero-order chi connectivity index (χ0) is 17.8. The maximum atomic E-state index is 14.1. The normalized spacial score (nSPS) is 13.2. The topological polar surface area (TPSA) is 47.6 Å². The zero-order valence-corrected chi connectivity index (χ0v) is 14.7. The van der Waals surface area contributed by atoms with Crippen molar-refractivity contribution in [3.63, 3.8) is 0 Å². The highest BCUT2D eigenvalue weighted by Crippen LogP contribution is 2.34. The summed E-state index contributed by atoms with van der Waals surface area (Å²) in [6.45, 7) is 3.22. The van der Waals surface area contributed by atoms with Gasteiger partial charge in [-0.05, 0) is 66.4 Å². The molecular formula is C19H19ClFNO3. The first-order valence-electron chi connectivity index (χ1n) is 8.19. The molecule has 132 valence electrons. The van der Waals surface area contributed by atoms with E-state index in [1.807, 2.05) is 0 Å². The summed E-state index contributed by atoms with van der Waals surface area (Å²) in [7, 11) is 0. The van der Waals surface area contributed by atoms with Gasteiger partial charge in [0.1, 0.15) is 11.6 Å². The van der Waals surface area contributed by atoms with Gasteiger partial charge in [0, 0.05) is 11.6 Å². The van der Waals surface area contributed by atoms with Crippen LogP contribution < -0.4 is 10.1 Å². The number of hydrogen-bond donors (Lipinski definition) is 1. The Bertz CT molecular complexity index is 794. The van der Waals surface area contributed by atoms with Gasteiger partial charge in [0.25, 0.3) is 0 Å². The van der Waals surface area contributed by atoms with Crippen LogP contribution in [0.3, 0.4) is 0 Å². The summed E-state index contributed by atoms with van der Waals surface area (Å²) in [6.07, 6.45) is 0.655. The molecule has 0 amide bonds. The number of halogens is 2. The molecule has 0 fully saturated rings. The van der Waals surface area contributed by atoms with E-state index < -0.39 is 5.97 Å². The highest BCUT2D eigenvalue weighted by molar-refractivity contribution is 6.31. The molecule has 2 aromatic rings. The second-order valence-electron chi connectivity index (χ2n) is 5.75. The minimum atomic E-state index is -0.438. The van der Waals surface area contributed by atoms with Crippen LogP contribution in [0, 0.1) is 5.82 Å². The summed E-state index contributed by atoms with van der Waals surface area (Å²) in [5.41, 5.74) is 3.41. The van der Waals surface area contributed by atoms with Gasteiger partial charge in [-0.15, -0.1) is 0 Å². The van der Waals surface area contributed by atoms with Crippen LogP contribution in [-0.4, -0.2) is 25.7 Å². The third-order valence-corrected chi connectivity index (χ3v) is 4.29. The van der Waals surface area contributed by atoms with E-state index in [1.165, 1.54) is 6.07 Å². The number of ether oxygens (including phenoxy) is 2. The van der Waals surface area contributed by atoms with Crippen molar-refractivity contribution in [2.24, 2.45) is 0 Å². The molecule has 0 unspecified atom stereocenters. The predicted molar refractivity (Wildman–Crippen MR) is 94.4 cm³/mol. The van der Waals surface area contributed by atoms with E-state index in [-0.39, 0.29) is 12.4 Å². The maximum absolute atomic E-state index is 14.1. The lowest BCUT2D eigenvalue weighted by molar-refractivity contribution is -0.145. The highest BCUT2D eigenvalue weighted by atomic mass is 35.5. The van der Waals surface area contributed by atoms with Crippen molar-refractivity contribution in [1.29, 1.82) is 0 Å². The molecule has 1 N–H and O–H groups in total. The largest absolute Gasteiger partial charge is 0.482 e. The second-order valence-corrected chi connectivity index (χ2v) is 6.18. The summed E-state index contributed by atoms with van der Waals surface area (Å²) in [5, 5.41) is 3.75. The molecule has 0 bridgehead atoms. The quantitative estimate of drug-likeness (QED) is 0.822. The molecule has 0 aliphatic carbocycles. The smallest absolute Gasteiger partial charge is 0.344 e. The fraction of sp³-hybridized carbons (Fsp3) is 0.316. The molecule has 0 saturated carbocycles. The molecule has 1 aliphatic heterocycles. The van der Waals surface area contributed by atoms with Gasteiger partial charge in [-0.25, -0.2) is 9.18 Å². The Balaban J connectivity index is 1.92. The van der Waals surface area contributed by atoms with Crippen molar-refractivity contribution in [1.82, 2.24) is 5.32 Å². The van der Waals surface area contributed by atoms with Crippen LogP contribution in [0.25, 0.3) is 11.1 Å². The van der Waals surface area contributed by atoms with E-state index in [1.54, 1.807) is 31.2 Å². The Morgan fingerprint density at radius 1 is 1.28 bits per heavy atom. The van der Waals surface area contributed by atoms with Gasteiger partial charge >= 0.3 is 5.97 Å². The van der Waals surface area contributed by atoms with Crippen molar-refractivity contribution in [2.45, 2.75) is 19.9 Å². The Morgan fingerprint density at radius 3 is 2.92 bits per heavy atom. The van der Waals surface area contributed by atoms with Gasteiger partial charge in [0.05, 0.1) is 6.61 Å². The molecule has 0 atom stereocenters. The van der Waals surface area contributed by atoms with Crippen LogP contribution in [0.1, 0.15) is 18.1 Å². The standard InChI is InChI=1S/C19H19ClFNO3/c1-2-24-19(23)11-25-14-8-12(7-13(20)9-14)15-3-4-18(21)16-5-6-22-10-17(15)16/h3-4,7-9,22H,2,5-6,10-11H2,1H3. The van der Waals surface area contributed by atoms with Gasteiger partial charge in [-0.3, -0.25) is 0 Å². The van der Waals surface area contributed by atoms with Gasteiger partial charge in [0.15, 0.2) is 6.61 Å². The molecule has 0 saturated heterocycles. The summed E-state index contributed by atoms with van der Waals surface area (Å²) >= 11 is 6.20.